The molecule has 0 aliphatic carbocycles. The first-order valence-corrected chi connectivity index (χ1v) is 4.61. The topological polar surface area (TPSA) is 17.1 Å². The Morgan fingerprint density at radius 3 is 2.58 bits per heavy atom. The molecule has 0 heterocycles. The van der Waals surface area contributed by atoms with Gasteiger partial charge in [0.25, 0.3) is 0 Å². The van der Waals surface area contributed by atoms with Gasteiger partial charge < -0.3 is 0 Å². The summed E-state index contributed by atoms with van der Waals surface area (Å²) in [6.07, 6.45) is 7.42. The SMILES string of the molecule is C=C(C=CCC)C(=O)CCCC. The van der Waals surface area contributed by atoms with Crippen LogP contribution in [0.25, 0.3) is 0 Å². The second kappa shape index (κ2) is 6.84. The molecule has 0 saturated carbocycles. The number of allylic oxidation sites excluding steroid dienone is 3. The Labute approximate surface area is 75.2 Å². The van der Waals surface area contributed by atoms with Crippen molar-refractivity contribution in [2.24, 2.45) is 0 Å². The molecule has 68 valence electrons. The highest BCUT2D eigenvalue weighted by Crippen LogP contribution is 2.04. The Morgan fingerprint density at radius 1 is 1.42 bits per heavy atom. The summed E-state index contributed by atoms with van der Waals surface area (Å²) >= 11 is 0. The zero-order valence-corrected chi connectivity index (χ0v) is 8.10. The molecule has 0 amide bonds. The molecule has 0 saturated heterocycles. The van der Waals surface area contributed by atoms with Crippen molar-refractivity contribution in [3.8, 4) is 0 Å². The summed E-state index contributed by atoms with van der Waals surface area (Å²) < 4.78 is 0. The molecule has 0 rings (SSSR count). The Morgan fingerprint density at radius 2 is 2.08 bits per heavy atom. The third-order valence-electron chi connectivity index (χ3n) is 1.67. The molecular formula is C11H18O. The first kappa shape index (κ1) is 11.2. The van der Waals surface area contributed by atoms with E-state index in [9.17, 15) is 4.79 Å². The van der Waals surface area contributed by atoms with E-state index >= 15 is 0 Å². The van der Waals surface area contributed by atoms with Crippen LogP contribution >= 0.6 is 0 Å². The normalized spacial score (nSPS) is 10.5. The number of carbonyl (C=O) groups excluding carboxylic acids is 1. The minimum atomic E-state index is 0.182. The molecule has 0 unspecified atom stereocenters. The zero-order valence-electron chi connectivity index (χ0n) is 8.10. The van der Waals surface area contributed by atoms with Crippen LogP contribution in [0.1, 0.15) is 39.5 Å². The van der Waals surface area contributed by atoms with Crippen LogP contribution in [0.3, 0.4) is 0 Å². The summed E-state index contributed by atoms with van der Waals surface area (Å²) in [4.78, 5) is 11.3. The van der Waals surface area contributed by atoms with Crippen LogP contribution in [0.5, 0.6) is 0 Å². The van der Waals surface area contributed by atoms with Crippen LogP contribution in [0.4, 0.5) is 0 Å². The number of rotatable bonds is 6. The third-order valence-corrected chi connectivity index (χ3v) is 1.67. The van der Waals surface area contributed by atoms with Gasteiger partial charge in [0.1, 0.15) is 0 Å². The lowest BCUT2D eigenvalue weighted by molar-refractivity contribution is -0.115. The lowest BCUT2D eigenvalue weighted by atomic mass is 10.1. The largest absolute Gasteiger partial charge is 0.294 e. The first-order chi connectivity index (χ1) is 5.72. The minimum Gasteiger partial charge on any atom is -0.294 e. The molecule has 12 heavy (non-hydrogen) atoms. The van der Waals surface area contributed by atoms with E-state index in [1.165, 1.54) is 0 Å². The molecule has 0 aromatic heterocycles. The van der Waals surface area contributed by atoms with Crippen LogP contribution < -0.4 is 0 Å². The monoisotopic (exact) mass is 166 g/mol. The van der Waals surface area contributed by atoms with E-state index in [1.807, 2.05) is 19.1 Å². The average Bonchev–Trinajstić information content (AvgIpc) is 2.10. The average molecular weight is 166 g/mol. The second-order valence-electron chi connectivity index (χ2n) is 2.86. The lowest BCUT2D eigenvalue weighted by Crippen LogP contribution is -1.98. The molecular weight excluding hydrogens is 148 g/mol. The quantitative estimate of drug-likeness (QED) is 0.437. The lowest BCUT2D eigenvalue weighted by Gasteiger charge is -1.97. The molecule has 0 aliphatic heterocycles. The van der Waals surface area contributed by atoms with Crippen molar-refractivity contribution < 1.29 is 4.79 Å². The van der Waals surface area contributed by atoms with Crippen LogP contribution in [0.15, 0.2) is 24.3 Å². The number of hydrogen-bond donors (Lipinski definition) is 0. The highest BCUT2D eigenvalue weighted by molar-refractivity contribution is 5.97. The van der Waals surface area contributed by atoms with Crippen molar-refractivity contribution in [2.75, 3.05) is 0 Å². The molecule has 0 N–H and O–H groups in total. The maximum absolute atomic E-state index is 11.3. The smallest absolute Gasteiger partial charge is 0.162 e. The number of Topliss-reactive ketones (excluding diaryl/α,β-unsaturated/α-hetero) is 1. The van der Waals surface area contributed by atoms with Gasteiger partial charge in [-0.25, -0.2) is 0 Å². The van der Waals surface area contributed by atoms with Gasteiger partial charge in [-0.2, -0.15) is 0 Å². The molecule has 0 aliphatic rings. The van der Waals surface area contributed by atoms with E-state index in [4.69, 9.17) is 0 Å². The Kier molecular flexibility index (Phi) is 6.35. The first-order valence-electron chi connectivity index (χ1n) is 4.61. The number of carbonyl (C=O) groups is 1. The fourth-order valence-corrected chi connectivity index (χ4v) is 0.851. The molecule has 0 aromatic rings. The summed E-state index contributed by atoms with van der Waals surface area (Å²) in [5.41, 5.74) is 0.644. The number of ketones is 1. The van der Waals surface area contributed by atoms with Crippen molar-refractivity contribution in [1.82, 2.24) is 0 Å². The van der Waals surface area contributed by atoms with Crippen molar-refractivity contribution in [3.05, 3.63) is 24.3 Å². The second-order valence-corrected chi connectivity index (χ2v) is 2.86. The van der Waals surface area contributed by atoms with Crippen LogP contribution in [0, 0.1) is 0 Å². The molecule has 1 heteroatoms. The highest BCUT2D eigenvalue weighted by Gasteiger charge is 2.01. The minimum absolute atomic E-state index is 0.182. The molecule has 0 atom stereocenters. The van der Waals surface area contributed by atoms with Gasteiger partial charge in [-0.15, -0.1) is 0 Å². The van der Waals surface area contributed by atoms with Crippen molar-refractivity contribution >= 4 is 5.78 Å². The summed E-state index contributed by atoms with van der Waals surface area (Å²) in [6.45, 7) is 7.83. The van der Waals surface area contributed by atoms with E-state index in [0.717, 1.165) is 19.3 Å². The van der Waals surface area contributed by atoms with Gasteiger partial charge in [-0.1, -0.05) is 39.0 Å². The number of hydrogen-bond acceptors (Lipinski definition) is 1. The van der Waals surface area contributed by atoms with Crippen LogP contribution in [0.2, 0.25) is 0 Å². The van der Waals surface area contributed by atoms with Gasteiger partial charge in [0.05, 0.1) is 0 Å². The Bertz CT molecular complexity index is 177. The van der Waals surface area contributed by atoms with Gasteiger partial charge in [0, 0.05) is 12.0 Å². The predicted octanol–water partition coefficient (Wildman–Crippen LogP) is 3.27. The van der Waals surface area contributed by atoms with Gasteiger partial charge in [-0.3, -0.25) is 4.79 Å². The van der Waals surface area contributed by atoms with Gasteiger partial charge in [0.15, 0.2) is 5.78 Å². The van der Waals surface area contributed by atoms with E-state index in [1.54, 1.807) is 0 Å². The summed E-state index contributed by atoms with van der Waals surface area (Å²) in [7, 11) is 0. The fraction of sp³-hybridized carbons (Fsp3) is 0.545. The van der Waals surface area contributed by atoms with E-state index in [2.05, 4.69) is 13.5 Å². The van der Waals surface area contributed by atoms with Gasteiger partial charge >= 0.3 is 0 Å². The van der Waals surface area contributed by atoms with Crippen molar-refractivity contribution in [2.45, 2.75) is 39.5 Å². The summed E-state index contributed by atoms with van der Waals surface area (Å²) in [5, 5.41) is 0. The van der Waals surface area contributed by atoms with Crippen molar-refractivity contribution in [3.63, 3.8) is 0 Å². The van der Waals surface area contributed by atoms with Gasteiger partial charge in [-0.05, 0) is 12.8 Å². The third kappa shape index (κ3) is 4.89. The Hall–Kier alpha value is -0.850. The fourth-order valence-electron chi connectivity index (χ4n) is 0.851. The molecule has 0 fully saturated rings. The highest BCUT2D eigenvalue weighted by atomic mass is 16.1. The molecule has 0 aromatic carbocycles. The Balaban J connectivity index is 3.77. The van der Waals surface area contributed by atoms with Crippen molar-refractivity contribution in [1.29, 1.82) is 0 Å². The van der Waals surface area contributed by atoms with E-state index < -0.39 is 0 Å². The van der Waals surface area contributed by atoms with Gasteiger partial charge in [0.2, 0.25) is 0 Å². The molecule has 0 radical (unpaired) electrons. The molecule has 0 bridgehead atoms. The maximum atomic E-state index is 11.3. The standard InChI is InChI=1S/C11H18O/c1-4-6-8-10(3)11(12)9-7-5-2/h6,8H,3-5,7,9H2,1-2H3. The molecule has 0 spiro atoms. The molecule has 1 nitrogen and oxygen atoms in total. The summed E-state index contributed by atoms with van der Waals surface area (Å²) in [5.74, 6) is 0.182. The number of unbranched alkanes of at least 4 members (excludes halogenated alkanes) is 1. The van der Waals surface area contributed by atoms with Crippen LogP contribution in [-0.4, -0.2) is 5.78 Å². The predicted molar refractivity (Wildman–Crippen MR) is 53.1 cm³/mol. The zero-order chi connectivity index (χ0) is 9.40. The van der Waals surface area contributed by atoms with E-state index in [-0.39, 0.29) is 5.78 Å². The van der Waals surface area contributed by atoms with Crippen LogP contribution in [-0.2, 0) is 4.79 Å². The summed E-state index contributed by atoms with van der Waals surface area (Å²) in [6, 6.07) is 0. The maximum Gasteiger partial charge on any atom is 0.162 e. The van der Waals surface area contributed by atoms with E-state index in [0.29, 0.717) is 12.0 Å².